The number of anilines is 2. The van der Waals surface area contributed by atoms with Gasteiger partial charge in [0.15, 0.2) is 0 Å². The molecule has 0 unspecified atom stereocenters. The molecule has 0 fully saturated rings. The first kappa shape index (κ1) is 18.0. The molecule has 9 heteroatoms. The van der Waals surface area contributed by atoms with Crippen LogP contribution in [0.5, 0.6) is 0 Å². The number of hydrogen-bond acceptors (Lipinski definition) is 4. The molecule has 2 aromatic rings. The van der Waals surface area contributed by atoms with E-state index in [0.29, 0.717) is 0 Å². The summed E-state index contributed by atoms with van der Waals surface area (Å²) in [7, 11) is 0. The minimum atomic E-state index is -4.56. The molecule has 128 valence electrons. The highest BCUT2D eigenvalue weighted by Crippen LogP contribution is 2.36. The molecule has 0 saturated carbocycles. The smallest absolute Gasteiger partial charge is 0.350 e. The third-order valence-electron chi connectivity index (χ3n) is 2.86. The number of alkyl halides is 3. The number of rotatable bonds is 4. The summed E-state index contributed by atoms with van der Waals surface area (Å²) in [5.41, 5.74) is -0.574. The number of amides is 1. The SMILES string of the molecule is CC(C)NC(=O)c1cnc(Nc2ccc(Cl)c(C(F)(F)F)c2)nc1. The summed E-state index contributed by atoms with van der Waals surface area (Å²) in [4.78, 5) is 19.6. The molecule has 0 radical (unpaired) electrons. The zero-order valence-electron chi connectivity index (χ0n) is 12.8. The number of nitrogens with zero attached hydrogens (tertiary/aromatic N) is 2. The van der Waals surface area contributed by atoms with Gasteiger partial charge in [-0.2, -0.15) is 13.2 Å². The van der Waals surface area contributed by atoms with Gasteiger partial charge in [-0.3, -0.25) is 4.79 Å². The van der Waals surface area contributed by atoms with Gasteiger partial charge in [-0.25, -0.2) is 9.97 Å². The van der Waals surface area contributed by atoms with Crippen LogP contribution in [0.4, 0.5) is 24.8 Å². The van der Waals surface area contributed by atoms with Crippen molar-refractivity contribution in [1.82, 2.24) is 15.3 Å². The molecule has 5 nitrogen and oxygen atoms in total. The third kappa shape index (κ3) is 4.58. The van der Waals surface area contributed by atoms with Gasteiger partial charge in [-0.15, -0.1) is 0 Å². The van der Waals surface area contributed by atoms with Gasteiger partial charge in [0, 0.05) is 24.1 Å². The Hall–Kier alpha value is -2.35. The summed E-state index contributed by atoms with van der Waals surface area (Å²) >= 11 is 5.56. The van der Waals surface area contributed by atoms with Gasteiger partial charge in [0.25, 0.3) is 5.91 Å². The maximum Gasteiger partial charge on any atom is 0.417 e. The molecule has 2 N–H and O–H groups in total. The van der Waals surface area contributed by atoms with Crippen LogP contribution in [-0.2, 0) is 6.18 Å². The molecule has 0 spiro atoms. The van der Waals surface area contributed by atoms with Crippen molar-refractivity contribution in [2.75, 3.05) is 5.32 Å². The summed E-state index contributed by atoms with van der Waals surface area (Å²) in [5, 5.41) is 4.92. The average molecular weight is 359 g/mol. The Bertz CT molecular complexity index is 732. The van der Waals surface area contributed by atoms with Crippen LogP contribution in [0.25, 0.3) is 0 Å². The normalized spacial score (nSPS) is 11.5. The quantitative estimate of drug-likeness (QED) is 0.866. The van der Waals surface area contributed by atoms with Gasteiger partial charge in [0.1, 0.15) is 0 Å². The molecule has 2 rings (SSSR count). The minimum absolute atomic E-state index is 0.0369. The number of aromatic nitrogens is 2. The summed E-state index contributed by atoms with van der Waals surface area (Å²) in [5.74, 6) is -0.269. The number of carbonyl (C=O) groups excluding carboxylic acids is 1. The maximum atomic E-state index is 12.8. The first-order valence-electron chi connectivity index (χ1n) is 6.93. The van der Waals surface area contributed by atoms with E-state index in [1.54, 1.807) is 0 Å². The van der Waals surface area contributed by atoms with Gasteiger partial charge < -0.3 is 10.6 Å². The van der Waals surface area contributed by atoms with E-state index in [9.17, 15) is 18.0 Å². The molecule has 1 aromatic carbocycles. The second-order valence-corrected chi connectivity index (χ2v) is 5.65. The van der Waals surface area contributed by atoms with Crippen LogP contribution < -0.4 is 10.6 Å². The van der Waals surface area contributed by atoms with Crippen molar-refractivity contribution in [3.63, 3.8) is 0 Å². The summed E-state index contributed by atoms with van der Waals surface area (Å²) in [6.45, 7) is 3.63. The Morgan fingerprint density at radius 1 is 1.21 bits per heavy atom. The van der Waals surface area contributed by atoms with Crippen molar-refractivity contribution in [2.24, 2.45) is 0 Å². The minimum Gasteiger partial charge on any atom is -0.350 e. The topological polar surface area (TPSA) is 66.9 Å². The standard InChI is InChI=1S/C15H14ClF3N4O/c1-8(2)22-13(24)9-6-20-14(21-7-9)23-10-3-4-12(16)11(5-10)15(17,18)19/h3-8H,1-2H3,(H,22,24)(H,20,21,23). The molecular weight excluding hydrogens is 345 g/mol. The zero-order chi connectivity index (χ0) is 17.9. The number of hydrogen-bond donors (Lipinski definition) is 2. The van der Waals surface area contributed by atoms with Gasteiger partial charge in [-0.1, -0.05) is 11.6 Å². The number of benzene rings is 1. The monoisotopic (exact) mass is 358 g/mol. The van der Waals surface area contributed by atoms with E-state index in [1.807, 2.05) is 13.8 Å². The number of nitrogens with one attached hydrogen (secondary N) is 2. The fraction of sp³-hybridized carbons (Fsp3) is 0.267. The zero-order valence-corrected chi connectivity index (χ0v) is 13.5. The van der Waals surface area contributed by atoms with Crippen LogP contribution in [0, 0.1) is 0 Å². The van der Waals surface area contributed by atoms with Crippen molar-refractivity contribution >= 4 is 29.1 Å². The largest absolute Gasteiger partial charge is 0.417 e. The summed E-state index contributed by atoms with van der Waals surface area (Å²) in [6.07, 6.45) is -1.99. The number of halogens is 4. The van der Waals surface area contributed by atoms with Crippen molar-refractivity contribution in [3.05, 3.63) is 46.7 Å². The highest BCUT2D eigenvalue weighted by molar-refractivity contribution is 6.31. The van der Waals surface area contributed by atoms with E-state index < -0.39 is 16.8 Å². The first-order chi connectivity index (χ1) is 11.2. The Kier molecular flexibility index (Phi) is 5.28. The number of carbonyl (C=O) groups is 1. The lowest BCUT2D eigenvalue weighted by Crippen LogP contribution is -2.30. The highest BCUT2D eigenvalue weighted by Gasteiger charge is 2.33. The Morgan fingerprint density at radius 2 is 1.83 bits per heavy atom. The molecule has 24 heavy (non-hydrogen) atoms. The predicted molar refractivity (Wildman–Crippen MR) is 84.4 cm³/mol. The van der Waals surface area contributed by atoms with E-state index in [-0.39, 0.29) is 29.1 Å². The van der Waals surface area contributed by atoms with Crippen molar-refractivity contribution in [3.8, 4) is 0 Å². The van der Waals surface area contributed by atoms with E-state index in [0.717, 1.165) is 12.1 Å². The second-order valence-electron chi connectivity index (χ2n) is 5.24. The van der Waals surface area contributed by atoms with Crippen LogP contribution in [0.2, 0.25) is 5.02 Å². The molecule has 1 aromatic heterocycles. The van der Waals surface area contributed by atoms with Gasteiger partial charge >= 0.3 is 6.18 Å². The average Bonchev–Trinajstić information content (AvgIpc) is 2.48. The summed E-state index contributed by atoms with van der Waals surface area (Å²) < 4.78 is 38.5. The van der Waals surface area contributed by atoms with E-state index in [2.05, 4.69) is 20.6 Å². The lowest BCUT2D eigenvalue weighted by molar-refractivity contribution is -0.137. The Labute approximate surface area is 141 Å². The van der Waals surface area contributed by atoms with Crippen molar-refractivity contribution in [1.29, 1.82) is 0 Å². The first-order valence-corrected chi connectivity index (χ1v) is 7.31. The predicted octanol–water partition coefficient (Wildman–Crippen LogP) is 4.03. The highest BCUT2D eigenvalue weighted by atomic mass is 35.5. The van der Waals surface area contributed by atoms with Gasteiger partial charge in [-0.05, 0) is 32.0 Å². The van der Waals surface area contributed by atoms with E-state index in [4.69, 9.17) is 11.6 Å². The lowest BCUT2D eigenvalue weighted by atomic mass is 10.2. The van der Waals surface area contributed by atoms with Crippen molar-refractivity contribution < 1.29 is 18.0 Å². The Morgan fingerprint density at radius 3 is 2.38 bits per heavy atom. The Balaban J connectivity index is 2.16. The summed E-state index contributed by atoms with van der Waals surface area (Å²) in [6, 6.07) is 3.34. The molecule has 0 atom stereocenters. The molecule has 0 bridgehead atoms. The molecule has 0 aliphatic carbocycles. The second kappa shape index (κ2) is 7.04. The third-order valence-corrected chi connectivity index (χ3v) is 3.19. The van der Waals surface area contributed by atoms with Crippen LogP contribution in [0.3, 0.4) is 0 Å². The molecule has 1 amide bonds. The molecule has 0 aliphatic rings. The van der Waals surface area contributed by atoms with Crippen LogP contribution in [0.1, 0.15) is 29.8 Å². The van der Waals surface area contributed by atoms with Gasteiger partial charge in [0.2, 0.25) is 5.95 Å². The van der Waals surface area contributed by atoms with E-state index >= 15 is 0 Å². The molecule has 0 saturated heterocycles. The molecule has 1 heterocycles. The van der Waals surface area contributed by atoms with Crippen LogP contribution >= 0.6 is 11.6 Å². The fourth-order valence-corrected chi connectivity index (χ4v) is 2.03. The fourth-order valence-electron chi connectivity index (χ4n) is 1.80. The maximum absolute atomic E-state index is 12.8. The van der Waals surface area contributed by atoms with Crippen molar-refractivity contribution in [2.45, 2.75) is 26.1 Å². The van der Waals surface area contributed by atoms with E-state index in [1.165, 1.54) is 18.5 Å². The van der Waals surface area contributed by atoms with Gasteiger partial charge in [0.05, 0.1) is 16.1 Å². The lowest BCUT2D eigenvalue weighted by Gasteiger charge is -2.12. The van der Waals surface area contributed by atoms with Crippen LogP contribution in [-0.4, -0.2) is 21.9 Å². The molecule has 0 aliphatic heterocycles. The van der Waals surface area contributed by atoms with Crippen LogP contribution in [0.15, 0.2) is 30.6 Å². The molecular formula is C15H14ClF3N4O.